The van der Waals surface area contributed by atoms with E-state index in [1.807, 2.05) is 73.7 Å². The summed E-state index contributed by atoms with van der Waals surface area (Å²) in [6.07, 6.45) is 5.86. The average molecular weight is 606 g/mol. The van der Waals surface area contributed by atoms with E-state index in [2.05, 4.69) is 41.2 Å². The van der Waals surface area contributed by atoms with Crippen molar-refractivity contribution in [3.8, 4) is 5.75 Å². The normalized spacial score (nSPS) is 14.5. The number of hydrogen-bond acceptors (Lipinski definition) is 3. The van der Waals surface area contributed by atoms with Crippen molar-refractivity contribution in [1.82, 2.24) is 10.2 Å². The molecule has 1 unspecified atom stereocenters. The van der Waals surface area contributed by atoms with Gasteiger partial charge in [-0.15, -0.1) is 0 Å². The van der Waals surface area contributed by atoms with Gasteiger partial charge in [0.05, 0.1) is 4.47 Å². The molecule has 3 aromatic carbocycles. The van der Waals surface area contributed by atoms with Gasteiger partial charge < -0.3 is 15.0 Å². The number of rotatable bonds is 11. The second-order valence-electron chi connectivity index (χ2n) is 11.2. The number of carbonyl (C=O) groups excluding carboxylic acids is 2. The van der Waals surface area contributed by atoms with Crippen molar-refractivity contribution < 1.29 is 14.3 Å². The number of nitrogens with zero attached hydrogens (tertiary/aromatic N) is 1. The van der Waals surface area contributed by atoms with Crippen LogP contribution >= 0.6 is 15.9 Å². The molecule has 1 N–H and O–H groups in total. The highest BCUT2D eigenvalue weighted by atomic mass is 79.9. The summed E-state index contributed by atoms with van der Waals surface area (Å²) >= 11 is 3.60. The summed E-state index contributed by atoms with van der Waals surface area (Å²) in [5.74, 6) is 0.679. The van der Waals surface area contributed by atoms with Gasteiger partial charge in [0, 0.05) is 19.0 Å². The SMILES string of the molecule is Cc1cccc(CN(C(=O)COc2ccc(C(C)C)cc2Br)C(Cc2ccccc2)C(=O)NC2CCCCC2)c1. The highest BCUT2D eigenvalue weighted by Crippen LogP contribution is 2.29. The molecule has 40 heavy (non-hydrogen) atoms. The summed E-state index contributed by atoms with van der Waals surface area (Å²) in [7, 11) is 0. The number of ether oxygens (including phenoxy) is 1. The number of benzene rings is 3. The van der Waals surface area contributed by atoms with Crippen LogP contribution in [0.5, 0.6) is 5.75 Å². The molecular formula is C34H41BrN2O3. The Kier molecular flexibility index (Phi) is 10.8. The first-order valence-corrected chi connectivity index (χ1v) is 15.2. The fourth-order valence-electron chi connectivity index (χ4n) is 5.32. The summed E-state index contributed by atoms with van der Waals surface area (Å²) in [5, 5.41) is 3.29. The zero-order valence-corrected chi connectivity index (χ0v) is 25.5. The summed E-state index contributed by atoms with van der Waals surface area (Å²) < 4.78 is 6.85. The topological polar surface area (TPSA) is 58.6 Å². The van der Waals surface area contributed by atoms with Crippen molar-refractivity contribution in [2.24, 2.45) is 0 Å². The van der Waals surface area contributed by atoms with E-state index in [1.54, 1.807) is 4.90 Å². The van der Waals surface area contributed by atoms with Gasteiger partial charge in [-0.3, -0.25) is 9.59 Å². The lowest BCUT2D eigenvalue weighted by atomic mass is 9.94. The molecule has 3 aromatic rings. The highest BCUT2D eigenvalue weighted by molar-refractivity contribution is 9.10. The molecule has 4 rings (SSSR count). The summed E-state index contributed by atoms with van der Waals surface area (Å²) in [4.78, 5) is 29.5. The second-order valence-corrected chi connectivity index (χ2v) is 12.0. The Labute approximate surface area is 247 Å². The molecule has 0 saturated heterocycles. The van der Waals surface area contributed by atoms with Crippen molar-refractivity contribution in [2.75, 3.05) is 6.61 Å². The predicted octanol–water partition coefficient (Wildman–Crippen LogP) is 7.35. The van der Waals surface area contributed by atoms with Gasteiger partial charge in [0.2, 0.25) is 5.91 Å². The second kappa shape index (κ2) is 14.5. The van der Waals surface area contributed by atoms with Gasteiger partial charge in [-0.2, -0.15) is 0 Å². The van der Waals surface area contributed by atoms with E-state index in [4.69, 9.17) is 4.74 Å². The Balaban J connectivity index is 1.61. The molecule has 1 aliphatic rings. The Morgan fingerprint density at radius 2 is 1.68 bits per heavy atom. The third-order valence-corrected chi connectivity index (χ3v) is 8.25. The van der Waals surface area contributed by atoms with E-state index < -0.39 is 6.04 Å². The molecule has 0 aromatic heterocycles. The van der Waals surface area contributed by atoms with Gasteiger partial charge in [-0.05, 0) is 70.4 Å². The minimum atomic E-state index is -0.660. The monoisotopic (exact) mass is 604 g/mol. The molecular weight excluding hydrogens is 564 g/mol. The molecule has 5 nitrogen and oxygen atoms in total. The number of aryl methyl sites for hydroxylation is 1. The lowest BCUT2D eigenvalue weighted by Gasteiger charge is -2.33. The maximum atomic E-state index is 13.9. The van der Waals surface area contributed by atoms with Crippen molar-refractivity contribution in [3.05, 3.63) is 99.5 Å². The molecule has 0 bridgehead atoms. The van der Waals surface area contributed by atoms with Crippen LogP contribution in [0.4, 0.5) is 0 Å². The van der Waals surface area contributed by atoms with Gasteiger partial charge >= 0.3 is 0 Å². The van der Waals surface area contributed by atoms with Crippen LogP contribution in [0, 0.1) is 6.92 Å². The van der Waals surface area contributed by atoms with E-state index in [1.165, 1.54) is 12.0 Å². The van der Waals surface area contributed by atoms with Crippen LogP contribution in [0.25, 0.3) is 0 Å². The van der Waals surface area contributed by atoms with Crippen molar-refractivity contribution in [2.45, 2.75) is 83.8 Å². The quantitative estimate of drug-likeness (QED) is 0.249. The Morgan fingerprint density at radius 3 is 2.35 bits per heavy atom. The highest BCUT2D eigenvalue weighted by Gasteiger charge is 2.32. The number of amides is 2. The summed E-state index contributed by atoms with van der Waals surface area (Å²) in [6, 6.07) is 23.5. The van der Waals surface area contributed by atoms with E-state index >= 15 is 0 Å². The molecule has 6 heteroatoms. The van der Waals surface area contributed by atoms with E-state index in [9.17, 15) is 9.59 Å². The Hall–Kier alpha value is -3.12. The van der Waals surface area contributed by atoms with E-state index in [0.717, 1.165) is 46.8 Å². The maximum absolute atomic E-state index is 13.9. The van der Waals surface area contributed by atoms with Crippen LogP contribution in [-0.4, -0.2) is 35.4 Å². The molecule has 0 heterocycles. The molecule has 1 saturated carbocycles. The van der Waals surface area contributed by atoms with Crippen LogP contribution in [-0.2, 0) is 22.6 Å². The minimum absolute atomic E-state index is 0.0979. The zero-order chi connectivity index (χ0) is 28.5. The number of halogens is 1. The predicted molar refractivity (Wildman–Crippen MR) is 164 cm³/mol. The lowest BCUT2D eigenvalue weighted by Crippen LogP contribution is -2.53. The average Bonchev–Trinajstić information content (AvgIpc) is 2.95. The van der Waals surface area contributed by atoms with Crippen LogP contribution in [0.1, 0.15) is 74.1 Å². The van der Waals surface area contributed by atoms with Gasteiger partial charge in [-0.1, -0.05) is 99.3 Å². The van der Waals surface area contributed by atoms with Gasteiger partial charge in [0.1, 0.15) is 11.8 Å². The first kappa shape index (κ1) is 29.9. The van der Waals surface area contributed by atoms with Gasteiger partial charge in [0.15, 0.2) is 6.61 Å². The van der Waals surface area contributed by atoms with Gasteiger partial charge in [0.25, 0.3) is 5.91 Å². The van der Waals surface area contributed by atoms with Crippen LogP contribution in [0.15, 0.2) is 77.3 Å². The van der Waals surface area contributed by atoms with Crippen molar-refractivity contribution in [3.63, 3.8) is 0 Å². The van der Waals surface area contributed by atoms with Crippen LogP contribution in [0.3, 0.4) is 0 Å². The Bertz CT molecular complexity index is 1270. The van der Waals surface area contributed by atoms with E-state index in [0.29, 0.717) is 24.6 Å². The smallest absolute Gasteiger partial charge is 0.261 e. The fraction of sp³-hybridized carbons (Fsp3) is 0.412. The minimum Gasteiger partial charge on any atom is -0.483 e. The first-order chi connectivity index (χ1) is 19.3. The standard InChI is InChI=1S/C34H41BrN2O3/c1-24(2)28-17-18-32(30(35)21-28)40-23-33(38)37(22-27-14-10-11-25(3)19-27)31(20-26-12-6-4-7-13-26)34(39)36-29-15-8-5-9-16-29/h4,6-7,10-14,17-19,21,24,29,31H,5,8-9,15-16,20,22-23H2,1-3H3,(H,36,39). The van der Waals surface area contributed by atoms with Crippen molar-refractivity contribution >= 4 is 27.7 Å². The van der Waals surface area contributed by atoms with Gasteiger partial charge in [-0.25, -0.2) is 0 Å². The molecule has 0 aliphatic heterocycles. The Morgan fingerprint density at radius 1 is 0.950 bits per heavy atom. The molecule has 1 atom stereocenters. The molecule has 1 fully saturated rings. The third-order valence-electron chi connectivity index (χ3n) is 7.63. The van der Waals surface area contributed by atoms with Crippen LogP contribution < -0.4 is 10.1 Å². The fourth-order valence-corrected chi connectivity index (χ4v) is 5.83. The molecule has 2 amide bonds. The lowest BCUT2D eigenvalue weighted by molar-refractivity contribution is -0.143. The summed E-state index contributed by atoms with van der Waals surface area (Å²) in [5.41, 5.74) is 4.30. The third kappa shape index (κ3) is 8.44. The largest absolute Gasteiger partial charge is 0.483 e. The maximum Gasteiger partial charge on any atom is 0.261 e. The number of hydrogen-bond donors (Lipinski definition) is 1. The van der Waals surface area contributed by atoms with Crippen molar-refractivity contribution in [1.29, 1.82) is 0 Å². The molecule has 0 radical (unpaired) electrons. The molecule has 212 valence electrons. The number of carbonyl (C=O) groups is 2. The van der Waals surface area contributed by atoms with E-state index in [-0.39, 0.29) is 24.5 Å². The molecule has 0 spiro atoms. The number of nitrogens with one attached hydrogen (secondary N) is 1. The summed E-state index contributed by atoms with van der Waals surface area (Å²) in [6.45, 7) is 6.48. The van der Waals surface area contributed by atoms with Crippen LogP contribution in [0.2, 0.25) is 0 Å². The molecule has 1 aliphatic carbocycles. The zero-order valence-electron chi connectivity index (χ0n) is 23.9. The first-order valence-electron chi connectivity index (χ1n) is 14.4.